The van der Waals surface area contributed by atoms with Gasteiger partial charge in [0.25, 0.3) is 0 Å². The van der Waals surface area contributed by atoms with Crippen molar-refractivity contribution in [3.63, 3.8) is 0 Å². The van der Waals surface area contributed by atoms with Gasteiger partial charge in [-0.2, -0.15) is 0 Å². The molecule has 0 radical (unpaired) electrons. The summed E-state index contributed by atoms with van der Waals surface area (Å²) >= 11 is 0. The number of hydrogen-bond acceptors (Lipinski definition) is 3. The van der Waals surface area contributed by atoms with Crippen molar-refractivity contribution in [1.29, 1.82) is 0 Å². The average molecular weight is 498 g/mol. The minimum Gasteiger partial charge on any atom is -1.00 e. The Kier molecular flexibility index (Phi) is 11.2. The summed E-state index contributed by atoms with van der Waals surface area (Å²) in [6, 6.07) is 5.25. The molecule has 2 amide bonds. The second kappa shape index (κ2) is 11.6. The molecule has 1 atom stereocenters. The predicted octanol–water partition coefficient (Wildman–Crippen LogP) is -0.393. The highest BCUT2D eigenvalue weighted by molar-refractivity contribution is 7.95. The van der Waals surface area contributed by atoms with Gasteiger partial charge in [-0.1, -0.05) is 12.1 Å². The lowest BCUT2D eigenvalue weighted by Gasteiger charge is -2.23. The minimum absolute atomic E-state index is 0. The van der Waals surface area contributed by atoms with Crippen LogP contribution in [0.3, 0.4) is 0 Å². The van der Waals surface area contributed by atoms with Crippen LogP contribution in [0.4, 0.5) is 9.18 Å². The number of ether oxygens (including phenoxy) is 1. The molecule has 1 aromatic carbocycles. The van der Waals surface area contributed by atoms with Crippen LogP contribution in [0.15, 0.2) is 24.3 Å². The largest absolute Gasteiger partial charge is 1.00 e. The van der Waals surface area contributed by atoms with Gasteiger partial charge in [0.15, 0.2) is 0 Å². The molecule has 0 fully saturated rings. The van der Waals surface area contributed by atoms with Gasteiger partial charge in [-0.25, -0.2) is 9.18 Å². The Balaban J connectivity index is 0.00000625. The standard InChI is InChI=1S/C18H27FN2O3S.HI/c1-18(2,3)24-17(23)21-15(10-11-25(4)5)16(22)20-12-13-6-8-14(19)9-7-13;/h6-9,15H,10-12H2,1-5H3,(H-,20,21,22,23);1H/t15-;/m0./s1. The summed E-state index contributed by atoms with van der Waals surface area (Å²) in [6.07, 6.45) is 4.09. The molecule has 148 valence electrons. The summed E-state index contributed by atoms with van der Waals surface area (Å²) in [7, 11) is 0.157. The quantitative estimate of drug-likeness (QED) is 0.398. The van der Waals surface area contributed by atoms with Gasteiger partial charge in [-0.05, 0) is 49.4 Å². The summed E-state index contributed by atoms with van der Waals surface area (Å²) in [5.41, 5.74) is 0.162. The zero-order chi connectivity index (χ0) is 19.0. The Morgan fingerprint density at radius 2 is 1.77 bits per heavy atom. The molecule has 0 saturated carbocycles. The average Bonchev–Trinajstić information content (AvgIpc) is 2.48. The first-order valence-electron chi connectivity index (χ1n) is 8.12. The summed E-state index contributed by atoms with van der Waals surface area (Å²) < 4.78 is 18.2. The molecule has 0 heterocycles. The van der Waals surface area contributed by atoms with Crippen molar-refractivity contribution in [2.75, 3.05) is 18.3 Å². The van der Waals surface area contributed by atoms with Crippen LogP contribution in [0.25, 0.3) is 0 Å². The molecule has 1 aromatic rings. The van der Waals surface area contributed by atoms with Gasteiger partial charge in [0, 0.05) is 13.0 Å². The van der Waals surface area contributed by atoms with E-state index in [9.17, 15) is 14.0 Å². The molecule has 0 aliphatic carbocycles. The van der Waals surface area contributed by atoms with Gasteiger partial charge in [-0.15, -0.1) is 0 Å². The van der Waals surface area contributed by atoms with Crippen molar-refractivity contribution >= 4 is 22.9 Å². The molecular formula is C18H28FIN2O3S. The van der Waals surface area contributed by atoms with Crippen LogP contribution in [0.5, 0.6) is 0 Å². The van der Waals surface area contributed by atoms with E-state index in [1.807, 2.05) is 0 Å². The fraction of sp³-hybridized carbons (Fsp3) is 0.556. The lowest BCUT2D eigenvalue weighted by molar-refractivity contribution is -0.123. The SMILES string of the molecule is C[S+](C)CC[C@H](NC(=O)OC(C)(C)C)C(=O)NCc1ccc(F)cc1.[I-]. The summed E-state index contributed by atoms with van der Waals surface area (Å²) in [5.74, 6) is 0.225. The van der Waals surface area contributed by atoms with Gasteiger partial charge in [0.05, 0.1) is 12.5 Å². The Morgan fingerprint density at radius 1 is 1.19 bits per heavy atom. The highest BCUT2D eigenvalue weighted by Crippen LogP contribution is 2.08. The maximum atomic E-state index is 12.9. The molecule has 2 N–H and O–H groups in total. The topological polar surface area (TPSA) is 67.4 Å². The molecule has 0 saturated heterocycles. The second-order valence-corrected chi connectivity index (χ2v) is 9.40. The smallest absolute Gasteiger partial charge is 0.408 e. The number of halogens is 2. The minimum atomic E-state index is -0.662. The van der Waals surface area contributed by atoms with E-state index in [0.29, 0.717) is 6.42 Å². The molecule has 8 heteroatoms. The molecule has 0 bridgehead atoms. The van der Waals surface area contributed by atoms with Gasteiger partial charge < -0.3 is 39.3 Å². The van der Waals surface area contributed by atoms with E-state index in [1.165, 1.54) is 12.1 Å². The van der Waals surface area contributed by atoms with Crippen molar-refractivity contribution in [2.24, 2.45) is 0 Å². The van der Waals surface area contributed by atoms with Crippen LogP contribution in [-0.2, 0) is 27.0 Å². The fourth-order valence-electron chi connectivity index (χ4n) is 1.99. The molecule has 0 aromatic heterocycles. The Labute approximate surface area is 175 Å². The number of amides is 2. The van der Waals surface area contributed by atoms with E-state index in [0.717, 1.165) is 11.3 Å². The second-order valence-electron chi connectivity index (χ2n) is 7.02. The first-order valence-corrected chi connectivity index (χ1v) is 10.3. The van der Waals surface area contributed by atoms with Crippen molar-refractivity contribution in [3.8, 4) is 0 Å². The number of carbonyl (C=O) groups excluding carboxylic acids is 2. The normalized spacial score (nSPS) is 12.1. The predicted molar refractivity (Wildman–Crippen MR) is 100 cm³/mol. The maximum absolute atomic E-state index is 12.9. The Bertz CT molecular complexity index is 577. The Morgan fingerprint density at radius 3 is 2.27 bits per heavy atom. The molecular weight excluding hydrogens is 470 g/mol. The van der Waals surface area contributed by atoms with Gasteiger partial charge in [0.1, 0.15) is 23.2 Å². The lowest BCUT2D eigenvalue weighted by atomic mass is 10.2. The van der Waals surface area contributed by atoms with Gasteiger partial charge in [0.2, 0.25) is 5.91 Å². The van der Waals surface area contributed by atoms with E-state index >= 15 is 0 Å². The number of hydrogen-bond donors (Lipinski definition) is 2. The zero-order valence-corrected chi connectivity index (χ0v) is 18.9. The summed E-state index contributed by atoms with van der Waals surface area (Å²) in [6.45, 7) is 5.58. The molecule has 0 spiro atoms. The Hall–Kier alpha value is -1.03. The van der Waals surface area contributed by atoms with Gasteiger partial charge >= 0.3 is 6.09 Å². The fourth-order valence-corrected chi connectivity index (χ4v) is 2.69. The third kappa shape index (κ3) is 10.8. The third-order valence-electron chi connectivity index (χ3n) is 3.20. The molecule has 5 nitrogen and oxygen atoms in total. The van der Waals surface area contributed by atoms with E-state index in [1.54, 1.807) is 32.9 Å². The van der Waals surface area contributed by atoms with Crippen LogP contribution in [0.1, 0.15) is 32.8 Å². The van der Waals surface area contributed by atoms with E-state index in [4.69, 9.17) is 4.74 Å². The number of carbonyl (C=O) groups is 2. The lowest BCUT2D eigenvalue weighted by Crippen LogP contribution is -3.00. The van der Waals surface area contributed by atoms with Crippen molar-refractivity contribution in [1.82, 2.24) is 10.6 Å². The van der Waals surface area contributed by atoms with Crippen molar-refractivity contribution in [3.05, 3.63) is 35.6 Å². The van der Waals surface area contributed by atoms with Crippen molar-refractivity contribution < 1.29 is 42.7 Å². The highest BCUT2D eigenvalue weighted by Gasteiger charge is 2.25. The van der Waals surface area contributed by atoms with Crippen LogP contribution < -0.4 is 34.6 Å². The molecule has 0 aliphatic rings. The van der Waals surface area contributed by atoms with Crippen LogP contribution in [0, 0.1) is 5.82 Å². The first-order chi connectivity index (χ1) is 11.6. The van der Waals surface area contributed by atoms with Gasteiger partial charge in [-0.3, -0.25) is 4.79 Å². The number of alkyl carbamates (subject to hydrolysis) is 1. The van der Waals surface area contributed by atoms with Crippen LogP contribution >= 0.6 is 0 Å². The molecule has 0 aliphatic heterocycles. The number of nitrogens with one attached hydrogen (secondary N) is 2. The summed E-state index contributed by atoms with van der Waals surface area (Å²) in [4.78, 5) is 24.4. The van der Waals surface area contributed by atoms with Crippen LogP contribution in [0.2, 0.25) is 0 Å². The molecule has 0 unspecified atom stereocenters. The summed E-state index contributed by atoms with van der Waals surface area (Å²) in [5, 5.41) is 5.43. The number of benzene rings is 1. The number of rotatable bonds is 7. The first kappa shape index (κ1) is 25.0. The van der Waals surface area contributed by atoms with Crippen molar-refractivity contribution in [2.45, 2.75) is 45.4 Å². The van der Waals surface area contributed by atoms with E-state index < -0.39 is 17.7 Å². The van der Waals surface area contributed by atoms with E-state index in [-0.39, 0.29) is 53.1 Å². The maximum Gasteiger partial charge on any atom is 0.408 e. The van der Waals surface area contributed by atoms with E-state index in [2.05, 4.69) is 23.1 Å². The van der Waals surface area contributed by atoms with Crippen LogP contribution in [-0.4, -0.2) is 41.9 Å². The monoisotopic (exact) mass is 498 g/mol. The molecule has 1 rings (SSSR count). The zero-order valence-electron chi connectivity index (χ0n) is 15.9. The molecule has 26 heavy (non-hydrogen) atoms. The third-order valence-corrected chi connectivity index (χ3v) is 4.25. The highest BCUT2D eigenvalue weighted by atomic mass is 127.